The summed E-state index contributed by atoms with van der Waals surface area (Å²) >= 11 is 0. The van der Waals surface area contributed by atoms with Gasteiger partial charge in [-0.2, -0.15) is 0 Å². The zero-order chi connectivity index (χ0) is 15.5. The number of esters is 1. The van der Waals surface area contributed by atoms with Crippen LogP contribution in [0.4, 0.5) is 5.69 Å². The molecule has 1 atom stereocenters. The summed E-state index contributed by atoms with van der Waals surface area (Å²) in [6.07, 6.45) is 4.78. The van der Waals surface area contributed by atoms with Crippen LogP contribution in [0, 0.1) is 5.92 Å². The molecule has 0 fully saturated rings. The van der Waals surface area contributed by atoms with E-state index in [9.17, 15) is 4.79 Å². The Morgan fingerprint density at radius 1 is 1.29 bits per heavy atom. The van der Waals surface area contributed by atoms with Crippen LogP contribution in [-0.4, -0.2) is 19.2 Å². The summed E-state index contributed by atoms with van der Waals surface area (Å²) in [6, 6.07) is 7.26. The predicted molar refractivity (Wildman–Crippen MR) is 85.2 cm³/mol. The van der Waals surface area contributed by atoms with Gasteiger partial charge in [0.1, 0.15) is 5.75 Å². The second-order valence-electron chi connectivity index (χ2n) is 5.24. The van der Waals surface area contributed by atoms with Gasteiger partial charge >= 0.3 is 5.97 Å². The molecular weight excluding hydrogens is 266 g/mol. The molecule has 0 saturated carbocycles. The standard InChI is InChI=1S/C17H27NO3/c1-3-5-8-14(4-2)13-21-17(19)11-12-20-16-10-7-6-9-15(16)18/h6-7,9-10,14H,3-5,8,11-13,18H2,1-2H3. The van der Waals surface area contributed by atoms with Crippen molar-refractivity contribution in [2.24, 2.45) is 5.92 Å². The predicted octanol–water partition coefficient (Wildman–Crippen LogP) is 3.80. The second kappa shape index (κ2) is 10.1. The Hall–Kier alpha value is -1.71. The minimum absolute atomic E-state index is 0.209. The van der Waals surface area contributed by atoms with Gasteiger partial charge in [-0.05, 0) is 24.5 Å². The molecule has 0 aliphatic carbocycles. The summed E-state index contributed by atoms with van der Waals surface area (Å²) < 4.78 is 10.8. The molecule has 1 unspecified atom stereocenters. The average molecular weight is 293 g/mol. The molecule has 0 bridgehead atoms. The van der Waals surface area contributed by atoms with E-state index < -0.39 is 0 Å². The van der Waals surface area contributed by atoms with Crippen LogP contribution in [0.2, 0.25) is 0 Å². The maximum atomic E-state index is 11.7. The van der Waals surface area contributed by atoms with E-state index in [2.05, 4.69) is 13.8 Å². The highest BCUT2D eigenvalue weighted by Crippen LogP contribution is 2.19. The number of benzene rings is 1. The van der Waals surface area contributed by atoms with Crippen LogP contribution in [-0.2, 0) is 9.53 Å². The lowest BCUT2D eigenvalue weighted by atomic mass is 10.0. The average Bonchev–Trinajstić information content (AvgIpc) is 2.49. The Bertz CT molecular complexity index is 420. The number of hydrogen-bond acceptors (Lipinski definition) is 4. The van der Waals surface area contributed by atoms with E-state index in [4.69, 9.17) is 15.2 Å². The van der Waals surface area contributed by atoms with E-state index in [0.717, 1.165) is 12.8 Å². The fourth-order valence-electron chi connectivity index (χ4n) is 2.04. The number of anilines is 1. The van der Waals surface area contributed by atoms with Crippen LogP contribution in [0.5, 0.6) is 5.75 Å². The molecule has 0 radical (unpaired) electrons. The summed E-state index contributed by atoms with van der Waals surface area (Å²) in [5, 5.41) is 0. The summed E-state index contributed by atoms with van der Waals surface area (Å²) in [5.41, 5.74) is 6.34. The van der Waals surface area contributed by atoms with Crippen LogP contribution in [0.15, 0.2) is 24.3 Å². The van der Waals surface area contributed by atoms with Gasteiger partial charge in [-0.25, -0.2) is 0 Å². The normalized spacial score (nSPS) is 11.9. The van der Waals surface area contributed by atoms with E-state index in [1.54, 1.807) is 12.1 Å². The third kappa shape index (κ3) is 7.02. The molecule has 0 aliphatic rings. The topological polar surface area (TPSA) is 61.5 Å². The zero-order valence-corrected chi connectivity index (χ0v) is 13.1. The molecule has 2 N–H and O–H groups in total. The van der Waals surface area contributed by atoms with Gasteiger partial charge in [-0.3, -0.25) is 4.79 Å². The van der Waals surface area contributed by atoms with Gasteiger partial charge < -0.3 is 15.2 Å². The van der Waals surface area contributed by atoms with Gasteiger partial charge in [0.25, 0.3) is 0 Å². The molecule has 0 spiro atoms. The number of carbonyl (C=O) groups is 1. The Morgan fingerprint density at radius 2 is 2.05 bits per heavy atom. The van der Waals surface area contributed by atoms with Crippen molar-refractivity contribution >= 4 is 11.7 Å². The van der Waals surface area contributed by atoms with Gasteiger partial charge in [0.2, 0.25) is 0 Å². The van der Waals surface area contributed by atoms with Gasteiger partial charge in [-0.15, -0.1) is 0 Å². The quantitative estimate of drug-likeness (QED) is 0.526. The van der Waals surface area contributed by atoms with Crippen LogP contribution in [0.3, 0.4) is 0 Å². The summed E-state index contributed by atoms with van der Waals surface area (Å²) in [4.78, 5) is 11.7. The minimum atomic E-state index is -0.209. The fraction of sp³-hybridized carbons (Fsp3) is 0.588. The number of carbonyl (C=O) groups excluding carboxylic acids is 1. The van der Waals surface area contributed by atoms with Crippen molar-refractivity contribution in [2.75, 3.05) is 18.9 Å². The van der Waals surface area contributed by atoms with E-state index in [0.29, 0.717) is 30.6 Å². The Balaban J connectivity index is 2.20. The van der Waals surface area contributed by atoms with Gasteiger partial charge in [0.05, 0.1) is 25.3 Å². The monoisotopic (exact) mass is 293 g/mol. The number of nitrogen functional groups attached to an aromatic ring is 1. The molecule has 4 heteroatoms. The van der Waals surface area contributed by atoms with Crippen molar-refractivity contribution in [3.8, 4) is 5.75 Å². The number of ether oxygens (including phenoxy) is 2. The lowest BCUT2D eigenvalue weighted by Crippen LogP contribution is -2.16. The molecule has 4 nitrogen and oxygen atoms in total. The first kappa shape index (κ1) is 17.3. The SMILES string of the molecule is CCCCC(CC)COC(=O)CCOc1ccccc1N. The molecule has 0 heterocycles. The van der Waals surface area contributed by atoms with Crippen molar-refractivity contribution < 1.29 is 14.3 Å². The van der Waals surface area contributed by atoms with E-state index >= 15 is 0 Å². The van der Waals surface area contributed by atoms with Crippen LogP contribution in [0.25, 0.3) is 0 Å². The largest absolute Gasteiger partial charge is 0.491 e. The first-order chi connectivity index (χ1) is 10.2. The van der Waals surface area contributed by atoms with Gasteiger partial charge in [0, 0.05) is 0 Å². The lowest BCUT2D eigenvalue weighted by Gasteiger charge is -2.14. The van der Waals surface area contributed by atoms with E-state index in [1.165, 1.54) is 12.8 Å². The summed E-state index contributed by atoms with van der Waals surface area (Å²) in [6.45, 7) is 5.11. The number of unbranched alkanes of at least 4 members (excludes halogenated alkanes) is 1. The minimum Gasteiger partial charge on any atom is -0.491 e. The molecular formula is C17H27NO3. The van der Waals surface area contributed by atoms with Crippen molar-refractivity contribution in [3.05, 3.63) is 24.3 Å². The molecule has 0 saturated heterocycles. The van der Waals surface area contributed by atoms with Crippen molar-refractivity contribution in [3.63, 3.8) is 0 Å². The second-order valence-corrected chi connectivity index (χ2v) is 5.24. The lowest BCUT2D eigenvalue weighted by molar-refractivity contribution is -0.145. The summed E-state index contributed by atoms with van der Waals surface area (Å²) in [7, 11) is 0. The Labute approximate surface area is 127 Å². The highest BCUT2D eigenvalue weighted by Gasteiger charge is 2.10. The van der Waals surface area contributed by atoms with Gasteiger partial charge in [-0.1, -0.05) is 45.2 Å². The molecule has 1 rings (SSSR count). The zero-order valence-electron chi connectivity index (χ0n) is 13.1. The van der Waals surface area contributed by atoms with Crippen LogP contribution < -0.4 is 10.5 Å². The van der Waals surface area contributed by atoms with Crippen LogP contribution >= 0.6 is 0 Å². The van der Waals surface area contributed by atoms with Gasteiger partial charge in [0.15, 0.2) is 0 Å². The molecule has 0 amide bonds. The number of hydrogen-bond donors (Lipinski definition) is 1. The van der Waals surface area contributed by atoms with Crippen molar-refractivity contribution in [1.82, 2.24) is 0 Å². The maximum absolute atomic E-state index is 11.7. The fourth-order valence-corrected chi connectivity index (χ4v) is 2.04. The van der Waals surface area contributed by atoms with E-state index in [1.807, 2.05) is 12.1 Å². The maximum Gasteiger partial charge on any atom is 0.309 e. The molecule has 1 aromatic carbocycles. The number of rotatable bonds is 10. The third-order valence-corrected chi connectivity index (χ3v) is 3.51. The van der Waals surface area contributed by atoms with Crippen LogP contribution in [0.1, 0.15) is 46.0 Å². The Morgan fingerprint density at radius 3 is 2.71 bits per heavy atom. The molecule has 0 aromatic heterocycles. The number of nitrogens with two attached hydrogens (primary N) is 1. The molecule has 1 aromatic rings. The summed E-state index contributed by atoms with van der Waals surface area (Å²) in [5.74, 6) is 0.874. The highest BCUT2D eigenvalue weighted by molar-refractivity contribution is 5.69. The molecule has 118 valence electrons. The molecule has 0 aliphatic heterocycles. The van der Waals surface area contributed by atoms with E-state index in [-0.39, 0.29) is 12.4 Å². The third-order valence-electron chi connectivity index (χ3n) is 3.51. The first-order valence-corrected chi connectivity index (χ1v) is 7.80. The number of para-hydroxylation sites is 2. The Kier molecular flexibility index (Phi) is 8.32. The smallest absolute Gasteiger partial charge is 0.309 e. The highest BCUT2D eigenvalue weighted by atomic mass is 16.5. The van der Waals surface area contributed by atoms with Crippen molar-refractivity contribution in [1.29, 1.82) is 0 Å². The first-order valence-electron chi connectivity index (χ1n) is 7.80. The van der Waals surface area contributed by atoms with Crippen molar-refractivity contribution in [2.45, 2.75) is 46.0 Å². The molecule has 21 heavy (non-hydrogen) atoms.